The summed E-state index contributed by atoms with van der Waals surface area (Å²) in [5.41, 5.74) is 6.43. The molecule has 0 fully saturated rings. The van der Waals surface area contributed by atoms with E-state index < -0.39 is 6.10 Å². The fraction of sp³-hybridized carbons (Fsp3) is 0.455. The van der Waals surface area contributed by atoms with Crippen LogP contribution in [0.2, 0.25) is 0 Å². The molecule has 0 aliphatic rings. The lowest BCUT2D eigenvalue weighted by atomic mass is 10.0. The van der Waals surface area contributed by atoms with Gasteiger partial charge in [0.2, 0.25) is 0 Å². The third kappa shape index (κ3) is 2.87. The number of aliphatic hydroxyl groups excluding tert-OH is 1. The topological polar surface area (TPSA) is 55.5 Å². The van der Waals surface area contributed by atoms with Crippen molar-refractivity contribution in [3.8, 4) is 5.75 Å². The van der Waals surface area contributed by atoms with Crippen LogP contribution in [-0.4, -0.2) is 24.5 Å². The lowest BCUT2D eigenvalue weighted by Crippen LogP contribution is -2.24. The second-order valence-corrected chi connectivity index (χ2v) is 4.27. The van der Waals surface area contributed by atoms with Gasteiger partial charge in [0.05, 0.1) is 13.2 Å². The fourth-order valence-electron chi connectivity index (χ4n) is 1.34. The standard InChI is InChI=1S/C11H17NO2S/c1-7(12)11(13)8-4-5-10(15-3)9(6-8)14-2/h4-7,11,13H,12H2,1-3H3/t7-,11+/m1/s1. The maximum atomic E-state index is 9.79. The number of hydrogen-bond acceptors (Lipinski definition) is 4. The van der Waals surface area contributed by atoms with Gasteiger partial charge in [0, 0.05) is 10.9 Å². The molecule has 3 nitrogen and oxygen atoms in total. The van der Waals surface area contributed by atoms with Gasteiger partial charge in [-0.2, -0.15) is 0 Å². The van der Waals surface area contributed by atoms with Gasteiger partial charge < -0.3 is 15.6 Å². The Labute approximate surface area is 94.6 Å². The molecule has 0 saturated carbocycles. The molecule has 0 aliphatic heterocycles. The molecule has 0 bridgehead atoms. The van der Waals surface area contributed by atoms with Gasteiger partial charge in [-0.1, -0.05) is 6.07 Å². The fourth-order valence-corrected chi connectivity index (χ4v) is 1.89. The summed E-state index contributed by atoms with van der Waals surface area (Å²) < 4.78 is 5.23. The Hall–Kier alpha value is -0.710. The summed E-state index contributed by atoms with van der Waals surface area (Å²) in [6, 6.07) is 5.36. The summed E-state index contributed by atoms with van der Waals surface area (Å²) in [5, 5.41) is 9.79. The molecule has 0 aromatic heterocycles. The molecular weight excluding hydrogens is 210 g/mol. The summed E-state index contributed by atoms with van der Waals surface area (Å²) >= 11 is 1.61. The first-order valence-electron chi connectivity index (χ1n) is 4.75. The Balaban J connectivity index is 3.02. The Kier molecular flexibility index (Phi) is 4.45. The van der Waals surface area contributed by atoms with Gasteiger partial charge in [-0.3, -0.25) is 0 Å². The Bertz CT molecular complexity index is 328. The zero-order valence-electron chi connectivity index (χ0n) is 9.23. The first kappa shape index (κ1) is 12.4. The van der Waals surface area contributed by atoms with Crippen LogP contribution < -0.4 is 10.5 Å². The van der Waals surface area contributed by atoms with E-state index in [1.807, 2.05) is 24.5 Å². The molecule has 4 heteroatoms. The Morgan fingerprint density at radius 3 is 2.60 bits per heavy atom. The maximum Gasteiger partial charge on any atom is 0.132 e. The summed E-state index contributed by atoms with van der Waals surface area (Å²) in [6.07, 6.45) is 1.34. The maximum absolute atomic E-state index is 9.79. The summed E-state index contributed by atoms with van der Waals surface area (Å²) in [4.78, 5) is 1.05. The van der Waals surface area contributed by atoms with Crippen molar-refractivity contribution in [3.05, 3.63) is 23.8 Å². The highest BCUT2D eigenvalue weighted by molar-refractivity contribution is 7.98. The number of benzene rings is 1. The van der Waals surface area contributed by atoms with Crippen molar-refractivity contribution in [1.82, 2.24) is 0 Å². The molecule has 0 spiro atoms. The zero-order chi connectivity index (χ0) is 11.4. The molecule has 0 unspecified atom stereocenters. The number of ether oxygens (including phenoxy) is 1. The lowest BCUT2D eigenvalue weighted by molar-refractivity contribution is 0.153. The van der Waals surface area contributed by atoms with Crippen LogP contribution >= 0.6 is 11.8 Å². The Morgan fingerprint density at radius 2 is 2.13 bits per heavy atom. The van der Waals surface area contributed by atoms with Crippen LogP contribution in [0.5, 0.6) is 5.75 Å². The molecule has 0 radical (unpaired) electrons. The molecule has 15 heavy (non-hydrogen) atoms. The highest BCUT2D eigenvalue weighted by atomic mass is 32.2. The average molecular weight is 227 g/mol. The van der Waals surface area contributed by atoms with Crippen LogP contribution in [0.4, 0.5) is 0 Å². The van der Waals surface area contributed by atoms with Crippen LogP contribution in [0, 0.1) is 0 Å². The van der Waals surface area contributed by atoms with Gasteiger partial charge in [-0.05, 0) is 30.9 Å². The van der Waals surface area contributed by atoms with Crippen LogP contribution in [0.25, 0.3) is 0 Å². The largest absolute Gasteiger partial charge is 0.496 e. The molecule has 0 amide bonds. The van der Waals surface area contributed by atoms with E-state index in [0.717, 1.165) is 16.2 Å². The molecule has 84 valence electrons. The number of thioether (sulfide) groups is 1. The van der Waals surface area contributed by atoms with Crippen molar-refractivity contribution in [2.45, 2.75) is 24.0 Å². The smallest absolute Gasteiger partial charge is 0.132 e. The molecule has 0 aliphatic carbocycles. The molecular formula is C11H17NO2S. The third-order valence-electron chi connectivity index (χ3n) is 2.25. The number of rotatable bonds is 4. The zero-order valence-corrected chi connectivity index (χ0v) is 10.0. The highest BCUT2D eigenvalue weighted by Gasteiger charge is 2.14. The normalized spacial score (nSPS) is 14.7. The van der Waals surface area contributed by atoms with Crippen molar-refractivity contribution in [3.63, 3.8) is 0 Å². The van der Waals surface area contributed by atoms with Crippen molar-refractivity contribution >= 4 is 11.8 Å². The second-order valence-electron chi connectivity index (χ2n) is 3.42. The van der Waals surface area contributed by atoms with Crippen LogP contribution in [0.15, 0.2) is 23.1 Å². The number of hydrogen-bond donors (Lipinski definition) is 2. The van der Waals surface area contributed by atoms with Crippen molar-refractivity contribution < 1.29 is 9.84 Å². The third-order valence-corrected chi connectivity index (χ3v) is 3.02. The predicted octanol–water partition coefficient (Wildman–Crippen LogP) is 1.80. The number of methoxy groups -OCH3 is 1. The molecule has 2 atom stereocenters. The second kappa shape index (κ2) is 5.39. The molecule has 1 rings (SSSR count). The van der Waals surface area contributed by atoms with Crippen LogP contribution in [0.3, 0.4) is 0 Å². The van der Waals surface area contributed by atoms with Crippen molar-refractivity contribution in [2.75, 3.05) is 13.4 Å². The van der Waals surface area contributed by atoms with Crippen LogP contribution in [-0.2, 0) is 0 Å². The Morgan fingerprint density at radius 1 is 1.47 bits per heavy atom. The van der Waals surface area contributed by atoms with Gasteiger partial charge in [0.15, 0.2) is 0 Å². The molecule has 0 heterocycles. The first-order chi connectivity index (χ1) is 7.10. The van der Waals surface area contributed by atoms with Crippen LogP contribution in [0.1, 0.15) is 18.6 Å². The molecule has 0 saturated heterocycles. The highest BCUT2D eigenvalue weighted by Crippen LogP contribution is 2.30. The van der Waals surface area contributed by atoms with Gasteiger partial charge in [-0.25, -0.2) is 0 Å². The minimum atomic E-state index is -0.644. The summed E-state index contributed by atoms with van der Waals surface area (Å²) in [5.74, 6) is 0.778. The minimum absolute atomic E-state index is 0.283. The molecule has 1 aromatic rings. The van der Waals surface area contributed by atoms with E-state index in [1.165, 1.54) is 0 Å². The quantitative estimate of drug-likeness (QED) is 0.770. The number of aliphatic hydroxyl groups is 1. The lowest BCUT2D eigenvalue weighted by Gasteiger charge is -2.16. The SMILES string of the molecule is COc1cc([C@@H](O)[C@@H](C)N)ccc1SC. The monoisotopic (exact) mass is 227 g/mol. The minimum Gasteiger partial charge on any atom is -0.496 e. The van der Waals surface area contributed by atoms with E-state index in [-0.39, 0.29) is 6.04 Å². The van der Waals surface area contributed by atoms with Gasteiger partial charge in [-0.15, -0.1) is 11.8 Å². The number of nitrogens with two attached hydrogens (primary N) is 1. The van der Waals surface area contributed by atoms with E-state index in [9.17, 15) is 5.11 Å². The van der Waals surface area contributed by atoms with E-state index in [1.54, 1.807) is 25.8 Å². The molecule has 1 aromatic carbocycles. The van der Waals surface area contributed by atoms with Gasteiger partial charge in [0.1, 0.15) is 5.75 Å². The van der Waals surface area contributed by atoms with E-state index in [2.05, 4.69) is 0 Å². The van der Waals surface area contributed by atoms with Crippen molar-refractivity contribution in [2.24, 2.45) is 5.73 Å². The van der Waals surface area contributed by atoms with Crippen molar-refractivity contribution in [1.29, 1.82) is 0 Å². The van der Waals surface area contributed by atoms with Gasteiger partial charge >= 0.3 is 0 Å². The van der Waals surface area contributed by atoms with Gasteiger partial charge in [0.25, 0.3) is 0 Å². The summed E-state index contributed by atoms with van der Waals surface area (Å²) in [6.45, 7) is 1.78. The van der Waals surface area contributed by atoms with E-state index in [0.29, 0.717) is 0 Å². The first-order valence-corrected chi connectivity index (χ1v) is 5.98. The molecule has 3 N–H and O–H groups in total. The summed E-state index contributed by atoms with van der Waals surface area (Å²) in [7, 11) is 1.62. The average Bonchev–Trinajstić information content (AvgIpc) is 2.26. The van der Waals surface area contributed by atoms with E-state index >= 15 is 0 Å². The van der Waals surface area contributed by atoms with E-state index in [4.69, 9.17) is 10.5 Å². The predicted molar refractivity (Wildman–Crippen MR) is 63.4 cm³/mol.